The van der Waals surface area contributed by atoms with Crippen molar-refractivity contribution in [3.8, 4) is 11.3 Å². The van der Waals surface area contributed by atoms with Gasteiger partial charge in [-0.15, -0.1) is 11.3 Å². The van der Waals surface area contributed by atoms with Gasteiger partial charge in [0.25, 0.3) is 5.69 Å². The number of aromatic nitrogens is 2. The Labute approximate surface area is 196 Å². The standard InChI is InChI=1S/C23H16BrN5O2S/c24-18-7-3-15(4-8-18)20-12-22(17-2-1-11-25-13-17)28(27-20)23-26-21(14-32-23)16-5-9-19(10-6-16)29(30)31/h1-11,13-14,22H,12H2. The van der Waals surface area contributed by atoms with E-state index in [-0.39, 0.29) is 11.7 Å². The number of pyridine rings is 1. The normalized spacial score (nSPS) is 15.6. The molecule has 0 saturated carbocycles. The molecule has 7 nitrogen and oxygen atoms in total. The number of rotatable bonds is 5. The first kappa shape index (κ1) is 20.5. The summed E-state index contributed by atoms with van der Waals surface area (Å²) >= 11 is 4.98. The highest BCUT2D eigenvalue weighted by Crippen LogP contribution is 2.39. The highest BCUT2D eigenvalue weighted by atomic mass is 79.9. The highest BCUT2D eigenvalue weighted by Gasteiger charge is 2.32. The molecule has 1 aliphatic heterocycles. The van der Waals surface area contributed by atoms with Crippen LogP contribution in [0.5, 0.6) is 0 Å². The van der Waals surface area contributed by atoms with Crippen LogP contribution in [0.4, 0.5) is 10.8 Å². The number of non-ortho nitro benzene ring substituents is 1. The van der Waals surface area contributed by atoms with E-state index in [9.17, 15) is 10.1 Å². The predicted octanol–water partition coefficient (Wildman–Crippen LogP) is 6.23. The van der Waals surface area contributed by atoms with Gasteiger partial charge in [-0.2, -0.15) is 5.10 Å². The predicted molar refractivity (Wildman–Crippen MR) is 129 cm³/mol. The lowest BCUT2D eigenvalue weighted by Gasteiger charge is -2.20. The van der Waals surface area contributed by atoms with E-state index in [1.165, 1.54) is 23.5 Å². The van der Waals surface area contributed by atoms with Gasteiger partial charge in [0.1, 0.15) is 0 Å². The summed E-state index contributed by atoms with van der Waals surface area (Å²) in [4.78, 5) is 19.6. The number of thiazole rings is 1. The van der Waals surface area contributed by atoms with Gasteiger partial charge in [0.05, 0.1) is 22.4 Å². The fourth-order valence-electron chi connectivity index (χ4n) is 3.59. The van der Waals surface area contributed by atoms with Gasteiger partial charge >= 0.3 is 0 Å². The summed E-state index contributed by atoms with van der Waals surface area (Å²) in [5.41, 5.74) is 4.76. The topological polar surface area (TPSA) is 84.5 Å². The van der Waals surface area contributed by atoms with Crippen LogP contribution in [-0.4, -0.2) is 20.6 Å². The van der Waals surface area contributed by atoms with Crippen LogP contribution in [0.3, 0.4) is 0 Å². The molecule has 1 aliphatic rings. The van der Waals surface area contributed by atoms with Gasteiger partial charge < -0.3 is 0 Å². The van der Waals surface area contributed by atoms with E-state index in [1.54, 1.807) is 18.3 Å². The highest BCUT2D eigenvalue weighted by molar-refractivity contribution is 9.10. The number of nitro groups is 1. The molecule has 0 radical (unpaired) electrons. The summed E-state index contributed by atoms with van der Waals surface area (Å²) in [5.74, 6) is 0. The Balaban J connectivity index is 1.50. The third-order valence-corrected chi connectivity index (χ3v) is 6.58. The number of anilines is 1. The first-order valence-corrected chi connectivity index (χ1v) is 11.5. The van der Waals surface area contributed by atoms with E-state index < -0.39 is 4.92 Å². The van der Waals surface area contributed by atoms with Crippen molar-refractivity contribution in [3.63, 3.8) is 0 Å². The lowest BCUT2D eigenvalue weighted by Crippen LogP contribution is -2.18. The van der Waals surface area contributed by atoms with Crippen LogP contribution in [0.15, 0.2) is 88.0 Å². The molecule has 9 heteroatoms. The smallest absolute Gasteiger partial charge is 0.264 e. The second kappa shape index (κ2) is 8.60. The Bertz CT molecular complexity index is 1290. The Kier molecular flexibility index (Phi) is 5.50. The van der Waals surface area contributed by atoms with Crippen LogP contribution in [0.2, 0.25) is 0 Å². The molecule has 0 saturated heterocycles. The van der Waals surface area contributed by atoms with Crippen LogP contribution in [0.1, 0.15) is 23.6 Å². The van der Waals surface area contributed by atoms with E-state index in [0.29, 0.717) is 0 Å². The Morgan fingerprint density at radius 2 is 1.81 bits per heavy atom. The third-order valence-electron chi connectivity index (χ3n) is 5.22. The number of hydrazone groups is 1. The van der Waals surface area contributed by atoms with Crippen LogP contribution >= 0.6 is 27.3 Å². The first-order valence-electron chi connectivity index (χ1n) is 9.81. The summed E-state index contributed by atoms with van der Waals surface area (Å²) in [6.45, 7) is 0. The molecule has 1 unspecified atom stereocenters. The average Bonchev–Trinajstić information content (AvgIpc) is 3.48. The maximum atomic E-state index is 10.9. The summed E-state index contributed by atoms with van der Waals surface area (Å²) in [5, 5.41) is 20.5. The maximum Gasteiger partial charge on any atom is 0.269 e. The fraction of sp³-hybridized carbons (Fsp3) is 0.0870. The molecule has 0 fully saturated rings. The van der Waals surface area contributed by atoms with Crippen molar-refractivity contribution in [1.82, 2.24) is 9.97 Å². The second-order valence-electron chi connectivity index (χ2n) is 7.22. The summed E-state index contributed by atoms with van der Waals surface area (Å²) in [7, 11) is 0. The zero-order valence-corrected chi connectivity index (χ0v) is 19.0. The SMILES string of the molecule is O=[N+]([O-])c1ccc(-c2csc(N3N=C(c4ccc(Br)cc4)CC3c3cccnc3)n2)cc1. The molecule has 0 bridgehead atoms. The fourth-order valence-corrected chi connectivity index (χ4v) is 4.69. The van der Waals surface area contributed by atoms with Gasteiger partial charge in [0.15, 0.2) is 0 Å². The van der Waals surface area contributed by atoms with Crippen LogP contribution in [-0.2, 0) is 0 Å². The van der Waals surface area contributed by atoms with Gasteiger partial charge in [-0.3, -0.25) is 15.1 Å². The van der Waals surface area contributed by atoms with Crippen LogP contribution < -0.4 is 5.01 Å². The molecular weight excluding hydrogens is 490 g/mol. The second-order valence-corrected chi connectivity index (χ2v) is 8.98. The van der Waals surface area contributed by atoms with Crippen molar-refractivity contribution < 1.29 is 4.92 Å². The zero-order chi connectivity index (χ0) is 22.1. The van der Waals surface area contributed by atoms with Crippen LogP contribution in [0, 0.1) is 10.1 Å². The van der Waals surface area contributed by atoms with Gasteiger partial charge in [0, 0.05) is 46.4 Å². The maximum absolute atomic E-state index is 10.9. The molecule has 32 heavy (non-hydrogen) atoms. The third kappa shape index (κ3) is 4.04. The van der Waals surface area contributed by atoms with Gasteiger partial charge in [-0.1, -0.05) is 34.1 Å². The largest absolute Gasteiger partial charge is 0.269 e. The number of nitrogens with zero attached hydrogens (tertiary/aromatic N) is 5. The molecule has 1 atom stereocenters. The summed E-state index contributed by atoms with van der Waals surface area (Å²) < 4.78 is 1.02. The zero-order valence-electron chi connectivity index (χ0n) is 16.6. The Morgan fingerprint density at radius 1 is 1.06 bits per heavy atom. The monoisotopic (exact) mass is 505 g/mol. The quantitative estimate of drug-likeness (QED) is 0.237. The molecule has 2 aromatic carbocycles. The van der Waals surface area contributed by atoms with Crippen molar-refractivity contribution in [2.45, 2.75) is 12.5 Å². The average molecular weight is 506 g/mol. The molecule has 5 rings (SSSR count). The lowest BCUT2D eigenvalue weighted by molar-refractivity contribution is -0.384. The number of hydrogen-bond donors (Lipinski definition) is 0. The lowest BCUT2D eigenvalue weighted by atomic mass is 10.00. The van der Waals surface area contributed by atoms with Gasteiger partial charge in [-0.05, 0) is 41.5 Å². The van der Waals surface area contributed by atoms with E-state index in [0.717, 1.165) is 44.1 Å². The number of benzene rings is 2. The van der Waals surface area contributed by atoms with Crippen LogP contribution in [0.25, 0.3) is 11.3 Å². The van der Waals surface area contributed by atoms with Gasteiger partial charge in [-0.25, -0.2) is 9.99 Å². The minimum atomic E-state index is -0.405. The van der Waals surface area contributed by atoms with Crippen molar-refractivity contribution in [2.24, 2.45) is 5.10 Å². The molecule has 2 aromatic heterocycles. The van der Waals surface area contributed by atoms with Crippen molar-refractivity contribution in [2.75, 3.05) is 5.01 Å². The molecule has 0 amide bonds. The number of nitro benzene ring substituents is 1. The molecular formula is C23H16BrN5O2S. The van der Waals surface area contributed by atoms with Crippen molar-refractivity contribution in [3.05, 3.63) is 104 Å². The van der Waals surface area contributed by atoms with Gasteiger partial charge in [0.2, 0.25) is 5.13 Å². The number of halogens is 1. The van der Waals surface area contributed by atoms with E-state index in [2.05, 4.69) is 39.1 Å². The van der Waals surface area contributed by atoms with Crippen molar-refractivity contribution in [1.29, 1.82) is 0 Å². The number of hydrogen-bond acceptors (Lipinski definition) is 7. The minimum absolute atomic E-state index is 0.0155. The molecule has 3 heterocycles. The first-order chi connectivity index (χ1) is 15.6. The molecule has 4 aromatic rings. The van der Waals surface area contributed by atoms with Crippen molar-refractivity contribution >= 4 is 43.8 Å². The van der Waals surface area contributed by atoms with E-state index in [4.69, 9.17) is 10.1 Å². The molecule has 0 spiro atoms. The minimum Gasteiger partial charge on any atom is -0.264 e. The summed E-state index contributed by atoms with van der Waals surface area (Å²) in [6.07, 6.45) is 4.36. The molecule has 0 aliphatic carbocycles. The molecule has 158 valence electrons. The van der Waals surface area contributed by atoms with E-state index in [1.807, 2.05) is 34.8 Å². The van der Waals surface area contributed by atoms with E-state index >= 15 is 0 Å². The molecule has 0 N–H and O–H groups in total. The Morgan fingerprint density at radius 3 is 2.50 bits per heavy atom. The Hall–Kier alpha value is -3.43. The summed E-state index contributed by atoms with van der Waals surface area (Å²) in [6, 6.07) is 18.5.